The number of amidine groups is 1. The smallest absolute Gasteiger partial charge is 0.150 e. The van der Waals surface area contributed by atoms with Gasteiger partial charge in [0.2, 0.25) is 0 Å². The molecule has 0 unspecified atom stereocenters. The van der Waals surface area contributed by atoms with Crippen LogP contribution in [0.15, 0.2) is 41.1 Å². The van der Waals surface area contributed by atoms with Gasteiger partial charge in [-0.05, 0) is 49.9 Å². The zero-order valence-corrected chi connectivity index (χ0v) is 18.4. The summed E-state index contributed by atoms with van der Waals surface area (Å²) in [6.45, 7) is 1.66. The van der Waals surface area contributed by atoms with E-state index in [2.05, 4.69) is 15.0 Å². The van der Waals surface area contributed by atoms with Gasteiger partial charge in [-0.1, -0.05) is 11.2 Å². The van der Waals surface area contributed by atoms with Gasteiger partial charge in [0, 0.05) is 36.3 Å². The van der Waals surface area contributed by atoms with Crippen LogP contribution in [0, 0.1) is 17.0 Å². The van der Waals surface area contributed by atoms with E-state index in [9.17, 15) is 8.78 Å². The highest BCUT2D eigenvalue weighted by Gasteiger charge is 2.34. The maximum absolute atomic E-state index is 14.4. The van der Waals surface area contributed by atoms with E-state index in [1.165, 1.54) is 24.4 Å². The molecule has 0 bridgehead atoms. The van der Waals surface area contributed by atoms with Gasteiger partial charge in [0.05, 0.1) is 18.3 Å². The first-order chi connectivity index (χ1) is 16.5. The third kappa shape index (κ3) is 4.51. The molecule has 10 heteroatoms. The number of anilines is 1. The summed E-state index contributed by atoms with van der Waals surface area (Å²) in [5, 5.41) is 20.4. The fourth-order valence-corrected chi connectivity index (χ4v) is 4.29. The summed E-state index contributed by atoms with van der Waals surface area (Å²) in [4.78, 5) is 6.52. The number of nitrogens with zero attached hydrogens (tertiary/aromatic N) is 3. The Labute approximate surface area is 195 Å². The minimum Gasteiger partial charge on any atom is -0.373 e. The maximum Gasteiger partial charge on any atom is 0.150 e. The van der Waals surface area contributed by atoms with Crippen LogP contribution in [0.1, 0.15) is 48.5 Å². The molecule has 5 rings (SSSR count). The summed E-state index contributed by atoms with van der Waals surface area (Å²) >= 11 is 0. The van der Waals surface area contributed by atoms with Gasteiger partial charge in [-0.2, -0.15) is 0 Å². The van der Waals surface area contributed by atoms with Crippen molar-refractivity contribution in [1.29, 1.82) is 5.41 Å². The molecule has 1 saturated heterocycles. The lowest BCUT2D eigenvalue weighted by Gasteiger charge is -2.32. The van der Waals surface area contributed by atoms with Crippen LogP contribution in [-0.2, 0) is 11.3 Å². The van der Waals surface area contributed by atoms with E-state index in [0.29, 0.717) is 16.9 Å². The number of halogens is 2. The summed E-state index contributed by atoms with van der Waals surface area (Å²) in [7, 11) is 0. The van der Waals surface area contributed by atoms with Crippen molar-refractivity contribution in [2.75, 3.05) is 18.0 Å². The molecule has 2 aliphatic rings. The Hall–Kier alpha value is -3.37. The average Bonchev–Trinajstić information content (AvgIpc) is 3.63. The predicted molar refractivity (Wildman–Crippen MR) is 120 cm³/mol. The number of ether oxygens (including phenoxy) is 1. The van der Waals surface area contributed by atoms with E-state index < -0.39 is 11.6 Å². The molecule has 178 valence electrons. The number of pyridine rings is 1. The second-order valence-corrected chi connectivity index (χ2v) is 8.63. The fourth-order valence-electron chi connectivity index (χ4n) is 4.29. The standard InChI is InChI=1S/C24H25F2N5O3/c25-18-2-1-3-19(26)21(18)22-17(23(34-30-22)14-4-5-14)13-33-16-8-10-31(11-9-16)20-7-6-15(12-28-20)24(27)29-32/h1-3,6-7,12,14,16,32H,4-5,8-11,13H2,(H2,27,29). The van der Waals surface area contributed by atoms with Crippen LogP contribution in [0.3, 0.4) is 0 Å². The van der Waals surface area contributed by atoms with E-state index in [1.807, 2.05) is 11.5 Å². The van der Waals surface area contributed by atoms with Crippen molar-refractivity contribution in [2.24, 2.45) is 0 Å². The Kier molecular flexibility index (Phi) is 6.25. The van der Waals surface area contributed by atoms with Crippen LogP contribution in [-0.4, -0.2) is 40.4 Å². The monoisotopic (exact) mass is 469 g/mol. The topological polar surface area (TPSA) is 108 Å². The molecule has 0 atom stereocenters. The van der Waals surface area contributed by atoms with Crippen molar-refractivity contribution in [3.63, 3.8) is 0 Å². The Morgan fingerprint density at radius 1 is 1.15 bits per heavy atom. The van der Waals surface area contributed by atoms with Crippen LogP contribution in [0.4, 0.5) is 14.6 Å². The van der Waals surface area contributed by atoms with Crippen molar-refractivity contribution in [2.45, 2.75) is 44.3 Å². The molecule has 3 aromatic rings. The summed E-state index contributed by atoms with van der Waals surface area (Å²) < 4.78 is 40.6. The zero-order chi connectivity index (χ0) is 23.7. The van der Waals surface area contributed by atoms with E-state index >= 15 is 0 Å². The summed E-state index contributed by atoms with van der Waals surface area (Å²) in [6, 6.07) is 7.31. The summed E-state index contributed by atoms with van der Waals surface area (Å²) in [5.74, 6) is 0.234. The van der Waals surface area contributed by atoms with Crippen LogP contribution in [0.5, 0.6) is 0 Å². The highest BCUT2D eigenvalue weighted by atomic mass is 19.1. The number of hydrogen-bond acceptors (Lipinski definition) is 7. The number of nitrogens with one attached hydrogen (secondary N) is 2. The quantitative estimate of drug-likeness (QED) is 0.268. The zero-order valence-electron chi connectivity index (χ0n) is 18.4. The molecular formula is C24H25F2N5O3. The van der Waals surface area contributed by atoms with Crippen molar-refractivity contribution in [3.8, 4) is 11.3 Å². The normalized spacial score (nSPS) is 16.6. The molecule has 3 N–H and O–H groups in total. The molecule has 8 nitrogen and oxygen atoms in total. The maximum atomic E-state index is 14.4. The highest BCUT2D eigenvalue weighted by Crippen LogP contribution is 2.45. The van der Waals surface area contributed by atoms with Gasteiger partial charge < -0.3 is 14.2 Å². The van der Waals surface area contributed by atoms with Gasteiger partial charge in [0.25, 0.3) is 0 Å². The van der Waals surface area contributed by atoms with Gasteiger partial charge in [-0.15, -0.1) is 0 Å². The van der Waals surface area contributed by atoms with E-state index in [1.54, 1.807) is 6.07 Å². The van der Waals surface area contributed by atoms with Crippen molar-refractivity contribution in [1.82, 2.24) is 15.6 Å². The highest BCUT2D eigenvalue weighted by molar-refractivity contribution is 5.95. The molecule has 0 amide bonds. The average molecular weight is 469 g/mol. The first kappa shape index (κ1) is 22.4. The number of rotatable bonds is 7. The van der Waals surface area contributed by atoms with Crippen LogP contribution >= 0.6 is 0 Å². The number of benzene rings is 1. The fraction of sp³-hybridized carbons (Fsp3) is 0.375. The molecule has 1 aliphatic heterocycles. The summed E-state index contributed by atoms with van der Waals surface area (Å²) in [5.41, 5.74) is 2.94. The molecule has 1 saturated carbocycles. The largest absolute Gasteiger partial charge is 0.373 e. The third-order valence-electron chi connectivity index (χ3n) is 6.34. The molecule has 0 radical (unpaired) electrons. The molecule has 1 aliphatic carbocycles. The lowest BCUT2D eigenvalue weighted by molar-refractivity contribution is 0.0245. The first-order valence-electron chi connectivity index (χ1n) is 11.3. The van der Waals surface area contributed by atoms with E-state index in [0.717, 1.165) is 44.6 Å². The van der Waals surface area contributed by atoms with Crippen molar-refractivity contribution < 1.29 is 23.2 Å². The predicted octanol–water partition coefficient (Wildman–Crippen LogP) is 4.38. The third-order valence-corrected chi connectivity index (χ3v) is 6.34. The molecule has 34 heavy (non-hydrogen) atoms. The molecule has 2 aromatic heterocycles. The molecule has 3 heterocycles. The summed E-state index contributed by atoms with van der Waals surface area (Å²) in [6.07, 6.45) is 5.01. The number of hydrogen-bond donors (Lipinski definition) is 3. The van der Waals surface area contributed by atoms with Crippen LogP contribution in [0.25, 0.3) is 11.3 Å². The van der Waals surface area contributed by atoms with Crippen molar-refractivity contribution in [3.05, 3.63) is 65.1 Å². The van der Waals surface area contributed by atoms with Crippen LogP contribution < -0.4 is 10.4 Å². The van der Waals surface area contributed by atoms with Gasteiger partial charge >= 0.3 is 0 Å². The Balaban J connectivity index is 1.24. The second-order valence-electron chi connectivity index (χ2n) is 8.63. The van der Waals surface area contributed by atoms with E-state index in [-0.39, 0.29) is 35.7 Å². The molecule has 0 spiro atoms. The van der Waals surface area contributed by atoms with Crippen LogP contribution in [0.2, 0.25) is 0 Å². The SMILES string of the molecule is N=C(NO)c1ccc(N2CCC(OCc3c(-c4c(F)cccc4F)noc3C3CC3)CC2)nc1. The van der Waals surface area contributed by atoms with Gasteiger partial charge in [0.1, 0.15) is 28.9 Å². The Bertz CT molecular complexity index is 1150. The molecular weight excluding hydrogens is 444 g/mol. The Morgan fingerprint density at radius 2 is 1.88 bits per heavy atom. The number of piperidine rings is 1. The van der Waals surface area contributed by atoms with Gasteiger partial charge in [-0.3, -0.25) is 16.1 Å². The van der Waals surface area contributed by atoms with Crippen molar-refractivity contribution >= 4 is 11.7 Å². The van der Waals surface area contributed by atoms with E-state index in [4.69, 9.17) is 19.9 Å². The first-order valence-corrected chi connectivity index (χ1v) is 11.3. The molecule has 2 fully saturated rings. The second kappa shape index (κ2) is 9.47. The lowest BCUT2D eigenvalue weighted by atomic mass is 10.0. The number of aromatic nitrogens is 2. The minimum absolute atomic E-state index is 0.0115. The van der Waals surface area contributed by atoms with Gasteiger partial charge in [-0.25, -0.2) is 13.8 Å². The lowest BCUT2D eigenvalue weighted by Crippen LogP contribution is -2.37. The van der Waals surface area contributed by atoms with Gasteiger partial charge in [0.15, 0.2) is 5.84 Å². The minimum atomic E-state index is -0.673. The molecule has 1 aromatic carbocycles. The number of hydroxylamine groups is 1. The Morgan fingerprint density at radius 3 is 2.50 bits per heavy atom.